The van der Waals surface area contributed by atoms with Gasteiger partial charge in [-0.25, -0.2) is 0 Å². The molecule has 0 unspecified atom stereocenters. The normalized spacial score (nSPS) is 15.2. The van der Waals surface area contributed by atoms with Crippen molar-refractivity contribution < 1.29 is 9.32 Å². The molecule has 0 radical (unpaired) electrons. The Balaban J connectivity index is 0.00000132. The fraction of sp³-hybridized carbons (Fsp3) is 0.423. The van der Waals surface area contributed by atoms with Crippen LogP contribution in [-0.2, 0) is 4.79 Å². The third kappa shape index (κ3) is 4.29. The predicted molar refractivity (Wildman–Crippen MR) is 129 cm³/mol. The average molecular weight is 437 g/mol. The molecule has 0 amide bonds. The number of hydrogen-bond acceptors (Lipinski definition) is 5. The van der Waals surface area contributed by atoms with Crippen molar-refractivity contribution in [2.45, 2.75) is 67.9 Å². The first-order valence-electron chi connectivity index (χ1n) is 10.9. The van der Waals surface area contributed by atoms with E-state index in [1.165, 1.54) is 10.4 Å². The second-order valence-electron chi connectivity index (χ2n) is 8.73. The van der Waals surface area contributed by atoms with Gasteiger partial charge in [0.05, 0.1) is 17.0 Å². The summed E-state index contributed by atoms with van der Waals surface area (Å²) in [5.74, 6) is 0.866. The lowest BCUT2D eigenvalue weighted by Gasteiger charge is -2.19. The van der Waals surface area contributed by atoms with E-state index < -0.39 is 5.41 Å². The number of aryl methyl sites for hydroxylation is 2. The number of aliphatic imine (C=N–C) groups is 1. The van der Waals surface area contributed by atoms with Crippen LogP contribution in [0.15, 0.2) is 39.8 Å². The molecule has 2 aromatic heterocycles. The summed E-state index contributed by atoms with van der Waals surface area (Å²) in [7, 11) is 0. The van der Waals surface area contributed by atoms with Gasteiger partial charge in [0.25, 0.3) is 0 Å². The number of carbonyl (C=O) groups is 1. The summed E-state index contributed by atoms with van der Waals surface area (Å²) in [6.45, 7) is 16.1. The molecule has 0 bridgehead atoms. The Morgan fingerprint density at radius 1 is 1.06 bits per heavy atom. The zero-order valence-electron chi connectivity index (χ0n) is 19.8. The Hall–Kier alpha value is -2.53. The number of nitrogens with zero attached hydrogens (tertiary/aromatic N) is 2. The van der Waals surface area contributed by atoms with Gasteiger partial charge in [-0.1, -0.05) is 70.1 Å². The van der Waals surface area contributed by atoms with Gasteiger partial charge in [0.15, 0.2) is 5.76 Å². The van der Waals surface area contributed by atoms with E-state index in [1.807, 2.05) is 59.7 Å². The lowest BCUT2D eigenvalue weighted by Crippen LogP contribution is -2.22. The smallest absolute Gasteiger partial charge is 0.170 e. The highest BCUT2D eigenvalue weighted by Gasteiger charge is 2.35. The van der Waals surface area contributed by atoms with Crippen LogP contribution in [0.5, 0.6) is 0 Å². The Labute approximate surface area is 189 Å². The number of fused-ring (bicyclic) bond motifs is 3. The van der Waals surface area contributed by atoms with Crippen LogP contribution in [0.4, 0.5) is 0 Å². The number of aromatic nitrogens is 1. The van der Waals surface area contributed by atoms with Gasteiger partial charge in [-0.2, -0.15) is 0 Å². The number of thiophene rings is 1. The quantitative estimate of drug-likeness (QED) is 0.434. The van der Waals surface area contributed by atoms with E-state index in [4.69, 9.17) is 9.52 Å². The van der Waals surface area contributed by atoms with Crippen LogP contribution in [-0.4, -0.2) is 16.7 Å². The minimum absolute atomic E-state index is 0.164. The van der Waals surface area contributed by atoms with E-state index in [-0.39, 0.29) is 11.8 Å². The highest BCUT2D eigenvalue weighted by Crippen LogP contribution is 2.46. The Morgan fingerprint density at radius 3 is 2.32 bits per heavy atom. The first-order chi connectivity index (χ1) is 14.7. The van der Waals surface area contributed by atoms with Crippen molar-refractivity contribution in [1.29, 1.82) is 0 Å². The molecule has 0 saturated carbocycles. The Morgan fingerprint density at radius 2 is 1.71 bits per heavy atom. The predicted octanol–water partition coefficient (Wildman–Crippen LogP) is 7.25. The van der Waals surface area contributed by atoms with Crippen molar-refractivity contribution in [2.75, 3.05) is 0 Å². The summed E-state index contributed by atoms with van der Waals surface area (Å²) in [6.07, 6.45) is 0.300. The fourth-order valence-corrected chi connectivity index (χ4v) is 4.96. The summed E-state index contributed by atoms with van der Waals surface area (Å²) in [5.41, 5.74) is 5.77. The average Bonchev–Trinajstić information content (AvgIpc) is 3.21. The molecule has 4 nitrogen and oxygen atoms in total. The SMILES string of the molecule is CC.Cc1noc2c1-c1sc(C)c(C)c1C(c1ccccc1)=N[C@H]2CC(=O)C(C)(C)C. The molecular formula is C26H32N2O2S. The van der Waals surface area contributed by atoms with Crippen molar-refractivity contribution in [2.24, 2.45) is 10.4 Å². The summed E-state index contributed by atoms with van der Waals surface area (Å²) in [6, 6.07) is 9.83. The van der Waals surface area contributed by atoms with Gasteiger partial charge in [-0.3, -0.25) is 9.79 Å². The van der Waals surface area contributed by atoms with Crippen LogP contribution in [0, 0.1) is 26.2 Å². The second kappa shape index (κ2) is 8.91. The van der Waals surface area contributed by atoms with E-state index in [1.54, 1.807) is 11.3 Å². The van der Waals surface area contributed by atoms with Gasteiger partial charge in [-0.15, -0.1) is 11.3 Å². The molecule has 0 saturated heterocycles. The highest BCUT2D eigenvalue weighted by molar-refractivity contribution is 7.16. The van der Waals surface area contributed by atoms with Crippen LogP contribution in [0.2, 0.25) is 0 Å². The largest absolute Gasteiger partial charge is 0.358 e. The lowest BCUT2D eigenvalue weighted by atomic mass is 9.86. The summed E-state index contributed by atoms with van der Waals surface area (Å²) in [4.78, 5) is 20.4. The molecule has 164 valence electrons. The summed E-state index contributed by atoms with van der Waals surface area (Å²) >= 11 is 1.75. The molecular weight excluding hydrogens is 404 g/mol. The van der Waals surface area contributed by atoms with Gasteiger partial charge in [0, 0.05) is 32.7 Å². The van der Waals surface area contributed by atoms with E-state index in [9.17, 15) is 4.79 Å². The number of Topliss-reactive ketones (excluding diaryl/α,β-unsaturated/α-hetero) is 1. The van der Waals surface area contributed by atoms with Crippen LogP contribution in [0.25, 0.3) is 10.4 Å². The molecule has 3 heterocycles. The van der Waals surface area contributed by atoms with Crippen molar-refractivity contribution in [3.63, 3.8) is 0 Å². The molecule has 5 heteroatoms. The minimum Gasteiger partial charge on any atom is -0.358 e. The van der Waals surface area contributed by atoms with Crippen LogP contribution < -0.4 is 0 Å². The van der Waals surface area contributed by atoms with E-state index >= 15 is 0 Å². The van der Waals surface area contributed by atoms with Gasteiger partial charge in [0.1, 0.15) is 11.8 Å². The highest BCUT2D eigenvalue weighted by atomic mass is 32.1. The maximum atomic E-state index is 12.9. The number of rotatable bonds is 3. The molecule has 3 aromatic rings. The van der Waals surface area contributed by atoms with Crippen molar-refractivity contribution in [3.05, 3.63) is 63.4 Å². The number of benzene rings is 1. The van der Waals surface area contributed by atoms with Crippen molar-refractivity contribution >= 4 is 22.8 Å². The van der Waals surface area contributed by atoms with E-state index in [0.29, 0.717) is 12.2 Å². The molecule has 0 N–H and O–H groups in total. The first-order valence-corrected chi connectivity index (χ1v) is 11.7. The van der Waals surface area contributed by atoms with Gasteiger partial charge >= 0.3 is 0 Å². The molecule has 1 aliphatic rings. The standard InChI is InChI=1S/C24H26N2O2S.C2H6/c1-13-15(3)29-23-19(13)21(16-10-8-7-9-11-16)25-17(12-18(27)24(4,5)6)22-20(23)14(2)26-28-22;1-2/h7-11,17H,12H2,1-6H3;1-2H3/t17-;/m0./s1. The Kier molecular flexibility index (Phi) is 6.65. The maximum Gasteiger partial charge on any atom is 0.170 e. The third-order valence-electron chi connectivity index (χ3n) is 5.59. The summed E-state index contributed by atoms with van der Waals surface area (Å²) < 4.78 is 5.78. The van der Waals surface area contributed by atoms with Crippen LogP contribution in [0.3, 0.4) is 0 Å². The molecule has 0 aliphatic carbocycles. The van der Waals surface area contributed by atoms with Crippen LogP contribution in [0.1, 0.15) is 80.1 Å². The monoisotopic (exact) mass is 436 g/mol. The molecule has 1 atom stereocenters. The maximum absolute atomic E-state index is 12.9. The molecule has 4 rings (SSSR count). The molecule has 1 aromatic carbocycles. The molecule has 31 heavy (non-hydrogen) atoms. The molecule has 1 aliphatic heterocycles. The number of carbonyl (C=O) groups excluding carboxylic acids is 1. The lowest BCUT2D eigenvalue weighted by molar-refractivity contribution is -0.126. The second-order valence-corrected chi connectivity index (χ2v) is 9.96. The summed E-state index contributed by atoms with van der Waals surface area (Å²) in [5, 5.41) is 4.25. The van der Waals surface area contributed by atoms with E-state index in [0.717, 1.165) is 33.0 Å². The van der Waals surface area contributed by atoms with Gasteiger partial charge < -0.3 is 4.52 Å². The van der Waals surface area contributed by atoms with Gasteiger partial charge in [0.2, 0.25) is 0 Å². The zero-order valence-corrected chi connectivity index (χ0v) is 20.6. The number of hydrogen-bond donors (Lipinski definition) is 0. The molecule has 0 fully saturated rings. The molecule has 0 spiro atoms. The van der Waals surface area contributed by atoms with Crippen molar-refractivity contribution in [3.8, 4) is 10.4 Å². The Bertz CT molecular complexity index is 1110. The number of ketones is 1. The zero-order chi connectivity index (χ0) is 22.9. The van der Waals surface area contributed by atoms with E-state index in [2.05, 4.69) is 31.1 Å². The third-order valence-corrected chi connectivity index (χ3v) is 6.81. The topological polar surface area (TPSA) is 55.5 Å². The van der Waals surface area contributed by atoms with Gasteiger partial charge in [-0.05, 0) is 26.3 Å². The van der Waals surface area contributed by atoms with Crippen LogP contribution >= 0.6 is 11.3 Å². The first kappa shape index (κ1) is 23.1. The fourth-order valence-electron chi connectivity index (χ4n) is 3.69. The minimum atomic E-state index is -0.429. The van der Waals surface area contributed by atoms with Crippen molar-refractivity contribution in [1.82, 2.24) is 5.16 Å².